The van der Waals surface area contributed by atoms with E-state index in [1.807, 2.05) is 0 Å². The molecule has 4 aliphatic carbocycles. The van der Waals surface area contributed by atoms with Crippen molar-refractivity contribution in [1.82, 2.24) is 0 Å². The first-order valence-electron chi connectivity index (χ1n) is 6.91. The molecule has 88 valence electrons. The van der Waals surface area contributed by atoms with Crippen LogP contribution in [0, 0.1) is 23.7 Å². The molecule has 1 heteroatoms. The molecule has 1 aromatic rings. The van der Waals surface area contributed by atoms with Crippen LogP contribution < -0.4 is 0 Å². The summed E-state index contributed by atoms with van der Waals surface area (Å²) >= 11 is 0. The zero-order chi connectivity index (χ0) is 11.4. The van der Waals surface area contributed by atoms with Crippen LogP contribution in [0.1, 0.15) is 37.2 Å². The Morgan fingerprint density at radius 2 is 1.76 bits per heavy atom. The fourth-order valence-electron chi connectivity index (χ4n) is 4.81. The van der Waals surface area contributed by atoms with Crippen LogP contribution in [0.5, 0.6) is 0 Å². The molecule has 1 aromatic carbocycles. The van der Waals surface area contributed by atoms with E-state index in [-0.39, 0.29) is 0 Å². The highest BCUT2D eigenvalue weighted by Gasteiger charge is 2.53. The largest absolute Gasteiger partial charge is 0.299 e. The lowest BCUT2D eigenvalue weighted by Gasteiger charge is -2.53. The van der Waals surface area contributed by atoms with Gasteiger partial charge in [0.2, 0.25) is 0 Å². The van der Waals surface area contributed by atoms with Crippen LogP contribution in [-0.2, 0) is 4.79 Å². The minimum Gasteiger partial charge on any atom is -0.299 e. The number of ketones is 1. The molecule has 0 aliphatic heterocycles. The Kier molecular flexibility index (Phi) is 2.00. The molecule has 4 aliphatic rings. The van der Waals surface area contributed by atoms with Gasteiger partial charge in [-0.05, 0) is 49.0 Å². The quantitative estimate of drug-likeness (QED) is 0.717. The van der Waals surface area contributed by atoms with E-state index in [4.69, 9.17) is 0 Å². The van der Waals surface area contributed by atoms with Gasteiger partial charge in [0.25, 0.3) is 0 Å². The molecule has 4 fully saturated rings. The van der Waals surface area contributed by atoms with E-state index in [1.165, 1.54) is 31.2 Å². The molecular weight excluding hydrogens is 208 g/mol. The number of benzene rings is 1. The van der Waals surface area contributed by atoms with Gasteiger partial charge >= 0.3 is 0 Å². The fourth-order valence-corrected chi connectivity index (χ4v) is 4.81. The number of hydrogen-bond donors (Lipinski definition) is 0. The predicted octanol–water partition coefficient (Wildman–Crippen LogP) is 3.41. The Morgan fingerprint density at radius 1 is 0.941 bits per heavy atom. The van der Waals surface area contributed by atoms with Crippen LogP contribution in [0.2, 0.25) is 0 Å². The standard InChI is InChI=1S/C16H18O/c17-16-13-7-10-6-12(9-13)15(14(16)8-10)11-4-2-1-3-5-11/h1-5,10,12-15H,6-9H2. The number of rotatable bonds is 1. The van der Waals surface area contributed by atoms with Gasteiger partial charge in [0, 0.05) is 11.8 Å². The maximum Gasteiger partial charge on any atom is 0.139 e. The lowest BCUT2D eigenvalue weighted by Crippen LogP contribution is -2.50. The molecule has 4 bridgehead atoms. The molecular formula is C16H18O. The van der Waals surface area contributed by atoms with E-state index in [0.29, 0.717) is 23.5 Å². The van der Waals surface area contributed by atoms with E-state index < -0.39 is 0 Å². The summed E-state index contributed by atoms with van der Waals surface area (Å²) in [6, 6.07) is 10.7. The molecule has 0 amide bonds. The number of hydrogen-bond acceptors (Lipinski definition) is 1. The average Bonchev–Trinajstić information content (AvgIpc) is 2.36. The molecule has 5 rings (SSSR count). The summed E-state index contributed by atoms with van der Waals surface area (Å²) in [4.78, 5) is 12.4. The highest BCUT2D eigenvalue weighted by atomic mass is 16.1. The van der Waals surface area contributed by atoms with Crippen molar-refractivity contribution in [1.29, 1.82) is 0 Å². The third-order valence-electron chi connectivity index (χ3n) is 5.32. The maximum absolute atomic E-state index is 12.4. The van der Waals surface area contributed by atoms with Crippen LogP contribution in [0.15, 0.2) is 30.3 Å². The monoisotopic (exact) mass is 226 g/mol. The third-order valence-corrected chi connectivity index (χ3v) is 5.32. The topological polar surface area (TPSA) is 17.1 Å². The summed E-state index contributed by atoms with van der Waals surface area (Å²) in [6.07, 6.45) is 4.92. The van der Waals surface area contributed by atoms with Gasteiger partial charge in [-0.2, -0.15) is 0 Å². The van der Waals surface area contributed by atoms with Crippen molar-refractivity contribution in [3.05, 3.63) is 35.9 Å². The normalized spacial score (nSPS) is 43.1. The summed E-state index contributed by atoms with van der Waals surface area (Å²) in [5.74, 6) is 3.56. The summed E-state index contributed by atoms with van der Waals surface area (Å²) in [7, 11) is 0. The van der Waals surface area contributed by atoms with Crippen LogP contribution in [0.4, 0.5) is 0 Å². The number of carbonyl (C=O) groups excluding carboxylic acids is 1. The smallest absolute Gasteiger partial charge is 0.139 e. The van der Waals surface area contributed by atoms with E-state index in [1.54, 1.807) is 0 Å². The van der Waals surface area contributed by atoms with Gasteiger partial charge in [-0.15, -0.1) is 0 Å². The van der Waals surface area contributed by atoms with Crippen molar-refractivity contribution in [3.8, 4) is 0 Å². The minimum atomic E-state index is 0.355. The van der Waals surface area contributed by atoms with Crippen molar-refractivity contribution in [2.24, 2.45) is 23.7 Å². The SMILES string of the molecule is O=C1C2CC3CC(C2)C(c2ccccc2)C1C3. The molecule has 1 nitrogen and oxygen atoms in total. The van der Waals surface area contributed by atoms with E-state index >= 15 is 0 Å². The Morgan fingerprint density at radius 3 is 2.59 bits per heavy atom. The molecule has 0 spiro atoms. The van der Waals surface area contributed by atoms with Crippen molar-refractivity contribution < 1.29 is 4.79 Å². The summed E-state index contributed by atoms with van der Waals surface area (Å²) in [5.41, 5.74) is 1.41. The zero-order valence-corrected chi connectivity index (χ0v) is 10.0. The highest BCUT2D eigenvalue weighted by molar-refractivity contribution is 5.86. The van der Waals surface area contributed by atoms with Gasteiger partial charge in [0.1, 0.15) is 5.78 Å². The Bertz CT molecular complexity index is 450. The molecule has 0 radical (unpaired) electrons. The molecule has 4 saturated carbocycles. The highest BCUT2D eigenvalue weighted by Crippen LogP contribution is 2.58. The van der Waals surface area contributed by atoms with Gasteiger partial charge in [-0.3, -0.25) is 4.79 Å². The second kappa shape index (κ2) is 3.44. The maximum atomic E-state index is 12.4. The van der Waals surface area contributed by atoms with Gasteiger partial charge in [0.05, 0.1) is 0 Å². The number of carbonyl (C=O) groups is 1. The van der Waals surface area contributed by atoms with Gasteiger partial charge in [0.15, 0.2) is 0 Å². The molecule has 0 saturated heterocycles. The van der Waals surface area contributed by atoms with E-state index in [2.05, 4.69) is 30.3 Å². The second-order valence-electron chi connectivity index (χ2n) is 6.21. The molecule has 0 heterocycles. The summed E-state index contributed by atoms with van der Waals surface area (Å²) < 4.78 is 0. The second-order valence-corrected chi connectivity index (χ2v) is 6.21. The van der Waals surface area contributed by atoms with Crippen LogP contribution in [-0.4, -0.2) is 5.78 Å². The zero-order valence-electron chi connectivity index (χ0n) is 10.0. The summed E-state index contributed by atoms with van der Waals surface area (Å²) in [6.45, 7) is 0. The van der Waals surface area contributed by atoms with Gasteiger partial charge < -0.3 is 0 Å². The average molecular weight is 226 g/mol. The fraction of sp³-hybridized carbons (Fsp3) is 0.562. The predicted molar refractivity (Wildman–Crippen MR) is 66.6 cm³/mol. The first kappa shape index (κ1) is 9.87. The Balaban J connectivity index is 1.75. The molecule has 0 N–H and O–H groups in total. The van der Waals surface area contributed by atoms with Gasteiger partial charge in [-0.1, -0.05) is 30.3 Å². The Hall–Kier alpha value is -1.11. The van der Waals surface area contributed by atoms with Crippen LogP contribution in [0.3, 0.4) is 0 Å². The van der Waals surface area contributed by atoms with Crippen LogP contribution in [0.25, 0.3) is 0 Å². The van der Waals surface area contributed by atoms with Crippen molar-refractivity contribution in [2.75, 3.05) is 0 Å². The van der Waals surface area contributed by atoms with Crippen LogP contribution >= 0.6 is 0 Å². The first-order chi connectivity index (χ1) is 8.33. The number of Topliss-reactive ketones (excluding diaryl/α,β-unsaturated/α-hetero) is 1. The first-order valence-corrected chi connectivity index (χ1v) is 6.91. The summed E-state index contributed by atoms with van der Waals surface area (Å²) in [5, 5.41) is 0. The van der Waals surface area contributed by atoms with E-state index in [0.717, 1.165) is 11.8 Å². The minimum absolute atomic E-state index is 0.355. The van der Waals surface area contributed by atoms with E-state index in [9.17, 15) is 4.79 Å². The molecule has 5 unspecified atom stereocenters. The lowest BCUT2D eigenvalue weighted by molar-refractivity contribution is -0.142. The lowest BCUT2D eigenvalue weighted by atomic mass is 9.50. The third kappa shape index (κ3) is 1.34. The van der Waals surface area contributed by atoms with Crippen molar-refractivity contribution in [2.45, 2.75) is 31.6 Å². The van der Waals surface area contributed by atoms with Gasteiger partial charge in [-0.25, -0.2) is 0 Å². The molecule has 17 heavy (non-hydrogen) atoms. The Labute approximate surface area is 102 Å². The molecule has 5 atom stereocenters. The van der Waals surface area contributed by atoms with Crippen molar-refractivity contribution >= 4 is 5.78 Å². The molecule has 0 aromatic heterocycles. The van der Waals surface area contributed by atoms with Crippen molar-refractivity contribution in [3.63, 3.8) is 0 Å².